The molecule has 57 heavy (non-hydrogen) atoms. The van der Waals surface area contributed by atoms with Gasteiger partial charge in [0.25, 0.3) is 11.8 Å². The molecular weight excluding hydrogens is 726 g/mol. The number of likely N-dealkylation sites (tertiary alicyclic amines) is 1. The minimum absolute atomic E-state index is 0.000904. The Hall–Kier alpha value is -6.00. The molecule has 4 heterocycles. The lowest BCUT2D eigenvalue weighted by molar-refractivity contribution is -0.136. The van der Waals surface area contributed by atoms with Crippen LogP contribution < -0.4 is 10.2 Å². The predicted molar refractivity (Wildman–Crippen MR) is 209 cm³/mol. The van der Waals surface area contributed by atoms with Gasteiger partial charge in [0.05, 0.1) is 34.0 Å². The molecule has 9 rings (SSSR count). The number of nitriles is 1. The number of hydrogen-bond donors (Lipinski definition) is 1. The number of fused-ring (bicyclic) bond motifs is 1. The number of imide groups is 2. The fourth-order valence-corrected chi connectivity index (χ4v) is 8.94. The highest BCUT2D eigenvalue weighted by Crippen LogP contribution is 2.48. The molecule has 0 bridgehead atoms. The molecule has 1 atom stereocenters. The Morgan fingerprint density at radius 1 is 1.02 bits per heavy atom. The van der Waals surface area contributed by atoms with E-state index in [2.05, 4.69) is 80.7 Å². The Morgan fingerprint density at radius 3 is 2.39 bits per heavy atom. The van der Waals surface area contributed by atoms with Gasteiger partial charge < -0.3 is 9.42 Å². The van der Waals surface area contributed by atoms with E-state index in [1.165, 1.54) is 6.07 Å². The van der Waals surface area contributed by atoms with Gasteiger partial charge in [-0.15, -0.1) is 0 Å². The maximum atomic E-state index is 15.2. The van der Waals surface area contributed by atoms with Crippen LogP contribution in [0.3, 0.4) is 0 Å². The lowest BCUT2D eigenvalue weighted by Crippen LogP contribution is -2.58. The van der Waals surface area contributed by atoms with Crippen LogP contribution in [0, 0.1) is 49.8 Å². The number of carbonyl (C=O) groups is 4. The second-order valence-electron chi connectivity index (χ2n) is 16.3. The molecule has 4 aromatic rings. The number of halogens is 1. The number of benzene rings is 3. The SMILES string of the molecule is Cc1ccc(-c2c(C)noc2C)cc1N(CC1CN(C2CC(/C=N/c3cc4c(cc3F)C(=O)N(C3CCC(=O)NC3=O)C4=O)C2)C1)c1ccc(C2(C#N)CC2)cc1. The van der Waals surface area contributed by atoms with E-state index in [4.69, 9.17) is 4.52 Å². The molecule has 1 aromatic heterocycles. The average molecular weight is 768 g/mol. The van der Waals surface area contributed by atoms with Crippen LogP contribution in [0.25, 0.3) is 11.1 Å². The number of aliphatic imine (C=N–C) groups is 1. The van der Waals surface area contributed by atoms with Crippen LogP contribution >= 0.6 is 0 Å². The lowest BCUT2D eigenvalue weighted by atomic mass is 9.77. The largest absolute Gasteiger partial charge is 0.361 e. The monoisotopic (exact) mass is 767 g/mol. The molecular formula is C44H42FN7O5. The Balaban J connectivity index is 0.855. The van der Waals surface area contributed by atoms with E-state index < -0.39 is 35.5 Å². The fraction of sp³-hybridized carbons (Fsp3) is 0.386. The number of aromatic nitrogens is 1. The molecule has 2 saturated carbocycles. The first-order valence-electron chi connectivity index (χ1n) is 19.6. The number of nitrogens with one attached hydrogen (secondary N) is 1. The third kappa shape index (κ3) is 6.42. The molecule has 2 aliphatic carbocycles. The average Bonchev–Trinajstić information content (AvgIpc) is 3.84. The highest BCUT2D eigenvalue weighted by Gasteiger charge is 2.46. The number of rotatable bonds is 10. The molecule has 5 aliphatic rings. The van der Waals surface area contributed by atoms with Crippen LogP contribution in [-0.4, -0.2) is 76.5 Å². The molecule has 1 N–H and O–H groups in total. The number of carbonyl (C=O) groups excluding carboxylic acids is 4. The standard InChI is InChI=1S/C44H42FN7O5/c1-24-4-5-29(40-25(2)49-57-26(40)3)16-38(24)51(31-8-6-30(7-9-31)44(23-46)12-13-44)22-28-20-50(21-28)32-14-27(15-32)19-47-36-18-34-33(17-35(36)45)42(55)52(43(34)56)37-10-11-39(53)48-41(37)54/h4-9,16-19,27-28,32,37H,10-15,20-22H2,1-3H3,(H,48,53,54)/b47-19+. The summed E-state index contributed by atoms with van der Waals surface area (Å²) in [6, 6.07) is 19.1. The van der Waals surface area contributed by atoms with E-state index in [-0.39, 0.29) is 41.0 Å². The fourth-order valence-electron chi connectivity index (χ4n) is 8.94. The Bertz CT molecular complexity index is 2400. The number of piperidine rings is 1. The van der Waals surface area contributed by atoms with Gasteiger partial charge in [0.15, 0.2) is 0 Å². The maximum Gasteiger partial charge on any atom is 0.262 e. The molecule has 4 fully saturated rings. The van der Waals surface area contributed by atoms with Gasteiger partial charge in [-0.3, -0.25) is 39.3 Å². The number of hydrogen-bond acceptors (Lipinski definition) is 10. The topological polar surface area (TPSA) is 152 Å². The van der Waals surface area contributed by atoms with E-state index in [9.17, 15) is 24.4 Å². The van der Waals surface area contributed by atoms with E-state index in [0.29, 0.717) is 12.0 Å². The summed E-state index contributed by atoms with van der Waals surface area (Å²) in [6.45, 7) is 8.74. The van der Waals surface area contributed by atoms with Crippen LogP contribution in [0.1, 0.15) is 81.8 Å². The third-order valence-corrected chi connectivity index (χ3v) is 12.5. The van der Waals surface area contributed by atoms with Crippen molar-refractivity contribution in [3.05, 3.63) is 94.1 Å². The van der Waals surface area contributed by atoms with E-state index >= 15 is 4.39 Å². The van der Waals surface area contributed by atoms with Crippen molar-refractivity contribution in [2.24, 2.45) is 16.8 Å². The maximum absolute atomic E-state index is 15.2. The van der Waals surface area contributed by atoms with Crippen LogP contribution in [0.4, 0.5) is 21.5 Å². The number of amides is 4. The molecule has 0 spiro atoms. The van der Waals surface area contributed by atoms with Crippen LogP contribution in [-0.2, 0) is 15.0 Å². The Kier molecular flexibility index (Phi) is 8.92. The van der Waals surface area contributed by atoms with Crippen LogP contribution in [0.15, 0.2) is 64.1 Å². The van der Waals surface area contributed by atoms with Gasteiger partial charge in [-0.05, 0) is 106 Å². The molecule has 13 heteroatoms. The zero-order valence-corrected chi connectivity index (χ0v) is 32.0. The minimum Gasteiger partial charge on any atom is -0.361 e. The van der Waals surface area contributed by atoms with E-state index in [1.807, 2.05) is 13.8 Å². The molecule has 2 saturated heterocycles. The molecule has 3 aromatic carbocycles. The van der Waals surface area contributed by atoms with Crippen molar-refractivity contribution in [1.82, 2.24) is 20.3 Å². The summed E-state index contributed by atoms with van der Waals surface area (Å²) < 4.78 is 20.7. The number of anilines is 2. The summed E-state index contributed by atoms with van der Waals surface area (Å²) in [5, 5.41) is 16.2. The molecule has 3 aliphatic heterocycles. The first kappa shape index (κ1) is 36.6. The van der Waals surface area contributed by atoms with Crippen molar-refractivity contribution < 1.29 is 28.1 Å². The van der Waals surface area contributed by atoms with Crippen molar-refractivity contribution in [2.45, 2.75) is 76.8 Å². The summed E-state index contributed by atoms with van der Waals surface area (Å²) >= 11 is 0. The third-order valence-electron chi connectivity index (χ3n) is 12.5. The van der Waals surface area contributed by atoms with Gasteiger partial charge in [-0.1, -0.05) is 29.4 Å². The number of aryl methyl sites for hydroxylation is 3. The van der Waals surface area contributed by atoms with Gasteiger partial charge in [0, 0.05) is 61.2 Å². The summed E-state index contributed by atoms with van der Waals surface area (Å²) in [7, 11) is 0. The van der Waals surface area contributed by atoms with Crippen molar-refractivity contribution in [3.8, 4) is 17.2 Å². The molecule has 0 radical (unpaired) electrons. The van der Waals surface area contributed by atoms with Crippen LogP contribution in [0.2, 0.25) is 0 Å². The van der Waals surface area contributed by atoms with Gasteiger partial charge in [-0.2, -0.15) is 5.26 Å². The van der Waals surface area contributed by atoms with Crippen molar-refractivity contribution in [3.63, 3.8) is 0 Å². The van der Waals surface area contributed by atoms with E-state index in [0.717, 1.165) is 101 Å². The normalized spacial score (nSPS) is 22.9. The smallest absolute Gasteiger partial charge is 0.262 e. The highest BCUT2D eigenvalue weighted by molar-refractivity contribution is 6.23. The summed E-state index contributed by atoms with van der Waals surface area (Å²) in [4.78, 5) is 60.4. The first-order chi connectivity index (χ1) is 27.4. The summed E-state index contributed by atoms with van der Waals surface area (Å²) in [6.07, 6.45) is 5.33. The number of nitrogens with zero attached hydrogens (tertiary/aromatic N) is 6. The molecule has 4 amide bonds. The minimum atomic E-state index is -1.12. The van der Waals surface area contributed by atoms with Crippen molar-refractivity contribution in [1.29, 1.82) is 5.26 Å². The summed E-state index contributed by atoms with van der Waals surface area (Å²) in [5.41, 5.74) is 6.86. The van der Waals surface area contributed by atoms with E-state index in [1.54, 1.807) is 6.21 Å². The van der Waals surface area contributed by atoms with Gasteiger partial charge >= 0.3 is 0 Å². The van der Waals surface area contributed by atoms with Gasteiger partial charge in [0.2, 0.25) is 11.8 Å². The van der Waals surface area contributed by atoms with Gasteiger partial charge in [-0.25, -0.2) is 4.39 Å². The lowest BCUT2D eigenvalue weighted by Gasteiger charge is -2.51. The molecule has 12 nitrogen and oxygen atoms in total. The second kappa shape index (κ2) is 13.9. The Morgan fingerprint density at radius 2 is 1.74 bits per heavy atom. The quantitative estimate of drug-likeness (QED) is 0.139. The zero-order valence-electron chi connectivity index (χ0n) is 32.0. The second-order valence-corrected chi connectivity index (χ2v) is 16.3. The van der Waals surface area contributed by atoms with Crippen molar-refractivity contribution >= 4 is 46.9 Å². The molecule has 290 valence electrons. The van der Waals surface area contributed by atoms with Gasteiger partial charge in [0.1, 0.15) is 17.6 Å². The van der Waals surface area contributed by atoms with Crippen molar-refractivity contribution in [2.75, 3.05) is 24.5 Å². The predicted octanol–water partition coefficient (Wildman–Crippen LogP) is 6.61. The first-order valence-corrected chi connectivity index (χ1v) is 19.6. The molecule has 1 unspecified atom stereocenters. The highest BCUT2D eigenvalue weighted by atomic mass is 19.1. The Labute approximate surface area is 329 Å². The summed E-state index contributed by atoms with van der Waals surface area (Å²) in [5.74, 6) is -1.99. The zero-order chi connectivity index (χ0) is 39.7. The van der Waals surface area contributed by atoms with Crippen LogP contribution in [0.5, 0.6) is 0 Å².